The van der Waals surface area contributed by atoms with Crippen molar-refractivity contribution in [2.24, 2.45) is 7.05 Å². The SMILES string of the molecule is Cc1cc(C=C2CN(C(c3ccccc3)(c3ccccc3)c3ccccc3)CCC2=O)n(C)n1. The molecule has 4 aromatic rings. The van der Waals surface area contributed by atoms with Gasteiger partial charge in [0, 0.05) is 32.1 Å². The molecule has 3 aromatic carbocycles. The number of carbonyl (C=O) groups excluding carboxylic acids is 1. The van der Waals surface area contributed by atoms with E-state index in [9.17, 15) is 4.79 Å². The minimum Gasteiger partial charge on any atom is -0.294 e. The predicted octanol–water partition coefficient (Wildman–Crippen LogP) is 5.38. The summed E-state index contributed by atoms with van der Waals surface area (Å²) < 4.78 is 1.84. The molecule has 0 N–H and O–H groups in total. The fraction of sp³-hybridized carbons (Fsp3) is 0.200. The van der Waals surface area contributed by atoms with E-state index in [1.165, 1.54) is 16.7 Å². The summed E-state index contributed by atoms with van der Waals surface area (Å²) in [7, 11) is 1.92. The van der Waals surface area contributed by atoms with E-state index in [2.05, 4.69) is 101 Å². The highest BCUT2D eigenvalue weighted by Gasteiger charge is 2.44. The summed E-state index contributed by atoms with van der Waals surface area (Å²) in [6, 6.07) is 34.0. The molecule has 1 aliphatic heterocycles. The third-order valence-corrected chi connectivity index (χ3v) is 6.74. The summed E-state index contributed by atoms with van der Waals surface area (Å²) in [5, 5.41) is 4.46. The highest BCUT2D eigenvalue weighted by molar-refractivity contribution is 6.00. The fourth-order valence-corrected chi connectivity index (χ4v) is 5.21. The summed E-state index contributed by atoms with van der Waals surface area (Å²) in [4.78, 5) is 15.5. The first kappa shape index (κ1) is 22.1. The van der Waals surface area contributed by atoms with Gasteiger partial charge in [0.05, 0.1) is 16.9 Å². The lowest BCUT2D eigenvalue weighted by molar-refractivity contribution is -0.117. The quantitative estimate of drug-likeness (QED) is 0.305. The van der Waals surface area contributed by atoms with E-state index in [0.717, 1.165) is 17.0 Å². The zero-order valence-electron chi connectivity index (χ0n) is 19.7. The number of benzene rings is 3. The molecule has 170 valence electrons. The largest absolute Gasteiger partial charge is 0.294 e. The highest BCUT2D eigenvalue weighted by Crippen LogP contribution is 2.43. The fourth-order valence-electron chi connectivity index (χ4n) is 5.21. The summed E-state index contributed by atoms with van der Waals surface area (Å²) in [5.74, 6) is 0.207. The lowest BCUT2D eigenvalue weighted by atomic mass is 9.74. The average molecular weight is 448 g/mol. The number of ketones is 1. The zero-order chi connectivity index (χ0) is 23.5. The number of likely N-dealkylation sites (tertiary alicyclic amines) is 1. The summed E-state index contributed by atoms with van der Waals surface area (Å²) in [6.07, 6.45) is 2.50. The van der Waals surface area contributed by atoms with Crippen molar-refractivity contribution in [3.63, 3.8) is 0 Å². The van der Waals surface area contributed by atoms with Crippen LogP contribution >= 0.6 is 0 Å². The maximum atomic E-state index is 13.1. The highest BCUT2D eigenvalue weighted by atomic mass is 16.1. The lowest BCUT2D eigenvalue weighted by Crippen LogP contribution is -2.52. The van der Waals surface area contributed by atoms with Gasteiger partial charge in [0.25, 0.3) is 0 Å². The minimum absolute atomic E-state index is 0.207. The number of hydrogen-bond acceptors (Lipinski definition) is 3. The number of aryl methyl sites for hydroxylation is 2. The van der Waals surface area contributed by atoms with Crippen molar-refractivity contribution in [1.29, 1.82) is 0 Å². The maximum Gasteiger partial charge on any atom is 0.161 e. The van der Waals surface area contributed by atoms with Gasteiger partial charge < -0.3 is 0 Å². The minimum atomic E-state index is -0.522. The van der Waals surface area contributed by atoms with Gasteiger partial charge in [-0.25, -0.2) is 0 Å². The standard InChI is InChI=1S/C30H29N3O/c1-23-20-28(32(2)31-23)21-24-22-33(19-18-29(24)34)30(25-12-6-3-7-13-25,26-14-8-4-9-15-26)27-16-10-5-11-17-27/h3-17,20-21H,18-19,22H2,1-2H3. The molecule has 1 aliphatic rings. The number of nitrogens with zero attached hydrogens (tertiary/aromatic N) is 3. The third-order valence-electron chi connectivity index (χ3n) is 6.74. The number of piperidine rings is 1. The van der Waals surface area contributed by atoms with Gasteiger partial charge in [0.1, 0.15) is 0 Å². The summed E-state index contributed by atoms with van der Waals surface area (Å²) in [5.41, 5.74) is 5.77. The number of rotatable bonds is 5. The van der Waals surface area contributed by atoms with Gasteiger partial charge in [-0.05, 0) is 35.8 Å². The van der Waals surface area contributed by atoms with Crippen LogP contribution < -0.4 is 0 Å². The zero-order valence-corrected chi connectivity index (χ0v) is 19.7. The van der Waals surface area contributed by atoms with E-state index in [1.54, 1.807) is 0 Å². The van der Waals surface area contributed by atoms with E-state index >= 15 is 0 Å². The number of Topliss-reactive ketones (excluding diaryl/α,β-unsaturated/α-hetero) is 1. The van der Waals surface area contributed by atoms with Crippen LogP contribution in [0.1, 0.15) is 34.5 Å². The molecule has 0 radical (unpaired) electrons. The predicted molar refractivity (Wildman–Crippen MR) is 136 cm³/mol. The second-order valence-corrected chi connectivity index (χ2v) is 8.91. The molecule has 0 spiro atoms. The monoisotopic (exact) mass is 447 g/mol. The van der Waals surface area contributed by atoms with Crippen molar-refractivity contribution < 1.29 is 4.79 Å². The van der Waals surface area contributed by atoms with E-state index in [4.69, 9.17) is 0 Å². The molecule has 1 aromatic heterocycles. The molecule has 2 heterocycles. The topological polar surface area (TPSA) is 38.1 Å². The van der Waals surface area contributed by atoms with Crippen LogP contribution in [0.3, 0.4) is 0 Å². The smallest absolute Gasteiger partial charge is 0.161 e. The molecule has 4 heteroatoms. The molecule has 0 saturated carbocycles. The molecule has 0 atom stereocenters. The first-order chi connectivity index (χ1) is 16.6. The Morgan fingerprint density at radius 2 is 1.32 bits per heavy atom. The van der Waals surface area contributed by atoms with Crippen LogP contribution in [0.25, 0.3) is 6.08 Å². The Hall–Kier alpha value is -3.76. The molecule has 34 heavy (non-hydrogen) atoms. The van der Waals surface area contributed by atoms with Gasteiger partial charge >= 0.3 is 0 Å². The van der Waals surface area contributed by atoms with Crippen LogP contribution in [0.15, 0.2) is 103 Å². The molecule has 0 bridgehead atoms. The van der Waals surface area contributed by atoms with Crippen molar-refractivity contribution in [3.05, 3.63) is 131 Å². The Morgan fingerprint density at radius 3 is 1.76 bits per heavy atom. The van der Waals surface area contributed by atoms with Gasteiger partial charge in [-0.1, -0.05) is 91.0 Å². The Kier molecular flexibility index (Phi) is 5.99. The first-order valence-electron chi connectivity index (χ1n) is 11.7. The van der Waals surface area contributed by atoms with E-state index < -0.39 is 5.54 Å². The van der Waals surface area contributed by atoms with Gasteiger partial charge in [-0.15, -0.1) is 0 Å². The van der Waals surface area contributed by atoms with Crippen molar-refractivity contribution in [2.45, 2.75) is 18.9 Å². The molecule has 0 amide bonds. The molecular weight excluding hydrogens is 418 g/mol. The molecular formula is C30H29N3O. The second kappa shape index (κ2) is 9.24. The normalized spacial score (nSPS) is 16.2. The van der Waals surface area contributed by atoms with Crippen LogP contribution in [0.2, 0.25) is 0 Å². The van der Waals surface area contributed by atoms with Gasteiger partial charge in [0.2, 0.25) is 0 Å². The summed E-state index contributed by atoms with van der Waals surface area (Å²) in [6.45, 7) is 3.21. The van der Waals surface area contributed by atoms with Crippen LogP contribution in [0.5, 0.6) is 0 Å². The van der Waals surface area contributed by atoms with Crippen molar-refractivity contribution in [2.75, 3.05) is 13.1 Å². The molecule has 4 nitrogen and oxygen atoms in total. The van der Waals surface area contributed by atoms with Crippen LogP contribution in [-0.2, 0) is 17.4 Å². The van der Waals surface area contributed by atoms with Crippen LogP contribution in [-0.4, -0.2) is 33.6 Å². The Labute approximate surface area is 201 Å². The van der Waals surface area contributed by atoms with Crippen molar-refractivity contribution in [1.82, 2.24) is 14.7 Å². The van der Waals surface area contributed by atoms with Crippen LogP contribution in [0, 0.1) is 6.92 Å². The Bertz CT molecular complexity index is 1210. The van der Waals surface area contributed by atoms with Gasteiger partial charge in [-0.3, -0.25) is 14.4 Å². The first-order valence-corrected chi connectivity index (χ1v) is 11.7. The molecule has 1 fully saturated rings. The number of carbonyl (C=O) groups is 1. The van der Waals surface area contributed by atoms with E-state index in [1.807, 2.05) is 30.8 Å². The summed E-state index contributed by atoms with van der Waals surface area (Å²) >= 11 is 0. The maximum absolute atomic E-state index is 13.1. The number of hydrogen-bond donors (Lipinski definition) is 0. The average Bonchev–Trinajstić information content (AvgIpc) is 3.20. The van der Waals surface area contributed by atoms with Crippen molar-refractivity contribution >= 4 is 11.9 Å². The Morgan fingerprint density at radius 1 is 0.824 bits per heavy atom. The molecule has 5 rings (SSSR count). The Balaban J connectivity index is 1.71. The molecule has 0 aliphatic carbocycles. The van der Waals surface area contributed by atoms with E-state index in [-0.39, 0.29) is 5.78 Å². The molecule has 0 unspecified atom stereocenters. The lowest BCUT2D eigenvalue weighted by Gasteiger charge is -2.47. The van der Waals surface area contributed by atoms with Gasteiger partial charge in [0.15, 0.2) is 5.78 Å². The van der Waals surface area contributed by atoms with Crippen molar-refractivity contribution in [3.8, 4) is 0 Å². The van der Waals surface area contributed by atoms with Crippen LogP contribution in [0.4, 0.5) is 0 Å². The third kappa shape index (κ3) is 3.91. The van der Waals surface area contributed by atoms with E-state index in [0.29, 0.717) is 19.5 Å². The number of aromatic nitrogens is 2. The molecule has 1 saturated heterocycles. The van der Waals surface area contributed by atoms with Gasteiger partial charge in [-0.2, -0.15) is 5.10 Å². The second-order valence-electron chi connectivity index (χ2n) is 8.91.